The number of halogens is 1. The van der Waals surface area contributed by atoms with Crippen LogP contribution in [0, 0.1) is 12.7 Å². The van der Waals surface area contributed by atoms with Crippen LogP contribution in [0.5, 0.6) is 5.75 Å². The Bertz CT molecular complexity index is 1140. The lowest BCUT2D eigenvalue weighted by atomic mass is 10.1. The van der Waals surface area contributed by atoms with Gasteiger partial charge in [0.25, 0.3) is 0 Å². The van der Waals surface area contributed by atoms with E-state index in [9.17, 15) is 4.39 Å². The van der Waals surface area contributed by atoms with Crippen molar-refractivity contribution >= 4 is 38.4 Å². The summed E-state index contributed by atoms with van der Waals surface area (Å²) < 4.78 is 20.0. The third-order valence-corrected chi connectivity index (χ3v) is 5.16. The third kappa shape index (κ3) is 2.74. The van der Waals surface area contributed by atoms with Crippen LogP contribution in [0.1, 0.15) is 5.56 Å². The number of anilines is 1. The summed E-state index contributed by atoms with van der Waals surface area (Å²) in [4.78, 5) is 15.6. The Morgan fingerprint density at radius 3 is 2.65 bits per heavy atom. The second-order valence-electron chi connectivity index (χ2n) is 6.29. The SMILES string of the molecule is COc1cc2sc(-c3cc(C)cc4cnc(N(C)C)nc34)nc2cc1F. The van der Waals surface area contributed by atoms with E-state index in [1.54, 1.807) is 6.07 Å². The molecule has 4 aromatic rings. The summed E-state index contributed by atoms with van der Waals surface area (Å²) in [6.45, 7) is 2.03. The topological polar surface area (TPSA) is 51.1 Å². The molecule has 7 heteroatoms. The van der Waals surface area contributed by atoms with Gasteiger partial charge in [0.2, 0.25) is 5.95 Å². The molecule has 0 saturated heterocycles. The van der Waals surface area contributed by atoms with E-state index in [4.69, 9.17) is 9.72 Å². The minimum Gasteiger partial charge on any atom is -0.494 e. The molecule has 0 fully saturated rings. The van der Waals surface area contributed by atoms with Crippen molar-refractivity contribution in [3.05, 3.63) is 41.8 Å². The molecule has 0 aliphatic heterocycles. The van der Waals surface area contributed by atoms with E-state index >= 15 is 0 Å². The summed E-state index contributed by atoms with van der Waals surface area (Å²) in [5.41, 5.74) is 3.46. The fraction of sp³-hybridized carbons (Fsp3) is 0.211. The summed E-state index contributed by atoms with van der Waals surface area (Å²) >= 11 is 1.49. The predicted octanol–water partition coefficient (Wildman–Crippen LogP) is 4.43. The Morgan fingerprint density at radius 2 is 1.92 bits per heavy atom. The molecule has 2 aromatic carbocycles. The molecule has 2 aromatic heterocycles. The van der Waals surface area contributed by atoms with Crippen LogP contribution in [0.3, 0.4) is 0 Å². The minimum absolute atomic E-state index is 0.221. The van der Waals surface area contributed by atoms with Crippen molar-refractivity contribution in [3.8, 4) is 16.3 Å². The Hall–Kier alpha value is -2.80. The van der Waals surface area contributed by atoms with Crippen molar-refractivity contribution in [2.75, 3.05) is 26.1 Å². The lowest BCUT2D eigenvalue weighted by Gasteiger charge is -2.12. The molecule has 0 atom stereocenters. The van der Waals surface area contributed by atoms with Crippen LogP contribution in [-0.4, -0.2) is 36.2 Å². The summed E-state index contributed by atoms with van der Waals surface area (Å²) in [6, 6.07) is 7.20. The van der Waals surface area contributed by atoms with Crippen LogP contribution in [0.25, 0.3) is 31.7 Å². The highest BCUT2D eigenvalue weighted by molar-refractivity contribution is 7.21. The second-order valence-corrected chi connectivity index (χ2v) is 7.32. The molecular weight excluding hydrogens is 351 g/mol. The standard InChI is InChI=1S/C19H17FN4OS/c1-10-5-11-9-21-19(24(2)3)23-17(11)12(6-10)18-22-14-7-13(20)15(25-4)8-16(14)26-18/h5-9H,1-4H3. The molecule has 0 bridgehead atoms. The van der Waals surface area contributed by atoms with Gasteiger partial charge in [0, 0.05) is 43.4 Å². The average Bonchev–Trinajstić information content (AvgIpc) is 3.02. The molecule has 0 aliphatic carbocycles. The number of aryl methyl sites for hydroxylation is 1. The van der Waals surface area contributed by atoms with Gasteiger partial charge in [-0.3, -0.25) is 0 Å². The highest BCUT2D eigenvalue weighted by atomic mass is 32.1. The van der Waals surface area contributed by atoms with Crippen LogP contribution >= 0.6 is 11.3 Å². The average molecular weight is 368 g/mol. The number of benzene rings is 2. The molecule has 5 nitrogen and oxygen atoms in total. The van der Waals surface area contributed by atoms with Crippen molar-refractivity contribution in [2.45, 2.75) is 6.92 Å². The number of aromatic nitrogens is 3. The fourth-order valence-corrected chi connectivity index (χ4v) is 3.86. The quantitative estimate of drug-likeness (QED) is 0.535. The van der Waals surface area contributed by atoms with Gasteiger partial charge < -0.3 is 9.64 Å². The van der Waals surface area contributed by atoms with E-state index in [0.29, 0.717) is 11.5 Å². The van der Waals surface area contributed by atoms with Crippen molar-refractivity contribution in [3.63, 3.8) is 0 Å². The highest BCUT2D eigenvalue weighted by Crippen LogP contribution is 2.37. The lowest BCUT2D eigenvalue weighted by Crippen LogP contribution is -2.12. The van der Waals surface area contributed by atoms with Gasteiger partial charge in [-0.1, -0.05) is 0 Å². The molecule has 0 amide bonds. The van der Waals surface area contributed by atoms with Crippen molar-refractivity contribution in [1.29, 1.82) is 0 Å². The first-order chi connectivity index (χ1) is 12.5. The Kier molecular flexibility index (Phi) is 3.96. The van der Waals surface area contributed by atoms with Crippen LogP contribution < -0.4 is 9.64 Å². The van der Waals surface area contributed by atoms with Crippen LogP contribution in [-0.2, 0) is 0 Å². The largest absolute Gasteiger partial charge is 0.494 e. The van der Waals surface area contributed by atoms with Crippen molar-refractivity contribution < 1.29 is 9.13 Å². The second kappa shape index (κ2) is 6.17. The summed E-state index contributed by atoms with van der Waals surface area (Å²) in [6.07, 6.45) is 1.82. The number of ether oxygens (including phenoxy) is 1. The number of fused-ring (bicyclic) bond motifs is 2. The molecule has 0 N–H and O–H groups in total. The predicted molar refractivity (Wildman–Crippen MR) is 104 cm³/mol. The number of hydrogen-bond acceptors (Lipinski definition) is 6. The molecule has 132 valence electrons. The van der Waals surface area contributed by atoms with Gasteiger partial charge >= 0.3 is 0 Å². The van der Waals surface area contributed by atoms with Crippen molar-refractivity contribution in [2.24, 2.45) is 0 Å². The van der Waals surface area contributed by atoms with E-state index in [1.807, 2.05) is 38.2 Å². The zero-order valence-electron chi connectivity index (χ0n) is 14.9. The Balaban J connectivity index is 1.98. The minimum atomic E-state index is -0.414. The van der Waals surface area contributed by atoms with E-state index < -0.39 is 5.82 Å². The van der Waals surface area contributed by atoms with Crippen LogP contribution in [0.2, 0.25) is 0 Å². The smallest absolute Gasteiger partial charge is 0.225 e. The summed E-state index contributed by atoms with van der Waals surface area (Å²) in [7, 11) is 5.27. The zero-order chi connectivity index (χ0) is 18.4. The normalized spacial score (nSPS) is 11.3. The third-order valence-electron chi connectivity index (χ3n) is 4.11. The molecule has 2 heterocycles. The van der Waals surface area contributed by atoms with E-state index in [0.717, 1.165) is 31.7 Å². The maximum absolute atomic E-state index is 14.0. The summed E-state index contributed by atoms with van der Waals surface area (Å²) in [5, 5.41) is 1.75. The number of methoxy groups -OCH3 is 1. The van der Waals surface area contributed by atoms with E-state index in [-0.39, 0.29) is 5.75 Å². The molecule has 0 aliphatic rings. The fourth-order valence-electron chi connectivity index (χ4n) is 2.87. The van der Waals surface area contributed by atoms with Crippen molar-refractivity contribution in [1.82, 2.24) is 15.0 Å². The number of rotatable bonds is 3. The lowest BCUT2D eigenvalue weighted by molar-refractivity contribution is 0.387. The van der Waals surface area contributed by atoms with Gasteiger partial charge in [-0.15, -0.1) is 11.3 Å². The van der Waals surface area contributed by atoms with Gasteiger partial charge in [0.05, 0.1) is 22.8 Å². The maximum atomic E-state index is 14.0. The number of nitrogens with zero attached hydrogens (tertiary/aromatic N) is 4. The molecule has 0 unspecified atom stereocenters. The molecule has 4 rings (SSSR count). The first-order valence-corrected chi connectivity index (χ1v) is 8.87. The maximum Gasteiger partial charge on any atom is 0.225 e. The highest BCUT2D eigenvalue weighted by Gasteiger charge is 2.15. The van der Waals surface area contributed by atoms with Crippen LogP contribution in [0.4, 0.5) is 10.3 Å². The molecule has 0 saturated carbocycles. The van der Waals surface area contributed by atoms with Crippen LogP contribution in [0.15, 0.2) is 30.5 Å². The van der Waals surface area contributed by atoms with Gasteiger partial charge in [0.1, 0.15) is 5.01 Å². The van der Waals surface area contributed by atoms with Gasteiger partial charge in [-0.05, 0) is 24.6 Å². The van der Waals surface area contributed by atoms with Gasteiger partial charge in [0.15, 0.2) is 11.6 Å². The first kappa shape index (κ1) is 16.7. The van der Waals surface area contributed by atoms with Gasteiger partial charge in [-0.2, -0.15) is 0 Å². The molecule has 0 spiro atoms. The van der Waals surface area contributed by atoms with Gasteiger partial charge in [-0.25, -0.2) is 19.3 Å². The summed E-state index contributed by atoms with van der Waals surface area (Å²) in [5.74, 6) is 0.443. The monoisotopic (exact) mass is 368 g/mol. The first-order valence-electron chi connectivity index (χ1n) is 8.05. The van der Waals surface area contributed by atoms with E-state index in [1.165, 1.54) is 24.5 Å². The zero-order valence-corrected chi connectivity index (χ0v) is 15.7. The Morgan fingerprint density at radius 1 is 1.12 bits per heavy atom. The number of hydrogen-bond donors (Lipinski definition) is 0. The molecule has 0 radical (unpaired) electrons. The van der Waals surface area contributed by atoms with E-state index in [2.05, 4.69) is 16.0 Å². The molecular formula is C19H17FN4OS. The molecule has 26 heavy (non-hydrogen) atoms. The Labute approximate surface area is 154 Å². The number of thiazole rings is 1.